The Morgan fingerprint density at radius 3 is 2.86 bits per heavy atom. The Labute approximate surface area is 128 Å². The van der Waals surface area contributed by atoms with Crippen LogP contribution >= 0.6 is 11.6 Å². The van der Waals surface area contributed by atoms with E-state index in [9.17, 15) is 8.42 Å². The Morgan fingerprint density at radius 2 is 2.19 bits per heavy atom. The van der Waals surface area contributed by atoms with Crippen LogP contribution in [0.4, 0.5) is 0 Å². The number of ether oxygens (including phenoxy) is 1. The van der Waals surface area contributed by atoms with Gasteiger partial charge in [0.05, 0.1) is 28.5 Å². The van der Waals surface area contributed by atoms with Crippen molar-refractivity contribution in [1.29, 1.82) is 5.26 Å². The van der Waals surface area contributed by atoms with Gasteiger partial charge in [0.2, 0.25) is 0 Å². The van der Waals surface area contributed by atoms with E-state index in [1.807, 2.05) is 6.07 Å². The van der Waals surface area contributed by atoms with Crippen molar-refractivity contribution in [3.05, 3.63) is 35.0 Å². The molecule has 110 valence electrons. The maximum Gasteiger partial charge on any atom is 0.147 e. The summed E-state index contributed by atoms with van der Waals surface area (Å²) in [4.78, 5) is 4.18. The summed E-state index contributed by atoms with van der Waals surface area (Å²) in [5.74, 6) is 0.431. The molecular formula is C14H13ClN2O3S. The molecule has 0 saturated heterocycles. The third-order valence-electron chi connectivity index (χ3n) is 2.83. The average molecular weight is 325 g/mol. The van der Waals surface area contributed by atoms with Crippen LogP contribution in [0.15, 0.2) is 24.4 Å². The summed E-state index contributed by atoms with van der Waals surface area (Å²) < 4.78 is 27.6. The lowest BCUT2D eigenvalue weighted by Crippen LogP contribution is -2.08. The number of hydrogen-bond acceptors (Lipinski definition) is 5. The highest BCUT2D eigenvalue weighted by Gasteiger charge is 2.09. The molecule has 0 saturated carbocycles. The molecule has 0 N–H and O–H groups in total. The quantitative estimate of drug-likeness (QED) is 0.790. The van der Waals surface area contributed by atoms with E-state index in [1.54, 1.807) is 24.4 Å². The molecule has 0 fully saturated rings. The van der Waals surface area contributed by atoms with Gasteiger partial charge in [-0.25, -0.2) is 8.42 Å². The van der Waals surface area contributed by atoms with Gasteiger partial charge in [0.15, 0.2) is 0 Å². The highest BCUT2D eigenvalue weighted by atomic mass is 35.5. The third kappa shape index (κ3) is 4.06. The summed E-state index contributed by atoms with van der Waals surface area (Å²) in [7, 11) is -3.01. The number of sulfone groups is 1. The normalized spacial score (nSPS) is 11.3. The minimum absolute atomic E-state index is 0.0482. The number of benzene rings is 1. The standard InChI is InChI=1S/C14H13ClN2O3S/c1-21(18,19)6-2-5-20-14-8-13-11(7-10(14)9-16)12(15)3-4-17-13/h3-4,7-8H,2,5-6H2,1H3. The van der Waals surface area contributed by atoms with Crippen LogP contribution in [0, 0.1) is 11.3 Å². The van der Waals surface area contributed by atoms with Gasteiger partial charge in [-0.3, -0.25) is 4.98 Å². The fraction of sp³-hybridized carbons (Fsp3) is 0.286. The van der Waals surface area contributed by atoms with Gasteiger partial charge < -0.3 is 4.74 Å². The highest BCUT2D eigenvalue weighted by molar-refractivity contribution is 7.90. The lowest BCUT2D eigenvalue weighted by atomic mass is 10.1. The maximum absolute atomic E-state index is 11.0. The van der Waals surface area contributed by atoms with E-state index in [2.05, 4.69) is 4.98 Å². The van der Waals surface area contributed by atoms with Gasteiger partial charge in [-0.05, 0) is 18.6 Å². The predicted octanol–water partition coefficient (Wildman–Crippen LogP) is 2.57. The van der Waals surface area contributed by atoms with Gasteiger partial charge >= 0.3 is 0 Å². The smallest absolute Gasteiger partial charge is 0.147 e. The number of aromatic nitrogens is 1. The second kappa shape index (κ2) is 6.29. The van der Waals surface area contributed by atoms with E-state index >= 15 is 0 Å². The summed E-state index contributed by atoms with van der Waals surface area (Å²) >= 11 is 6.06. The van der Waals surface area contributed by atoms with Crippen LogP contribution in [0.1, 0.15) is 12.0 Å². The molecule has 1 heterocycles. The Kier molecular flexibility index (Phi) is 4.66. The van der Waals surface area contributed by atoms with Crippen molar-refractivity contribution in [3.63, 3.8) is 0 Å². The van der Waals surface area contributed by atoms with Gasteiger partial charge in [-0.2, -0.15) is 5.26 Å². The van der Waals surface area contributed by atoms with Gasteiger partial charge in [-0.15, -0.1) is 0 Å². The second-order valence-corrected chi connectivity index (χ2v) is 7.27. The molecule has 2 aromatic rings. The van der Waals surface area contributed by atoms with Crippen molar-refractivity contribution in [2.75, 3.05) is 18.6 Å². The van der Waals surface area contributed by atoms with E-state index in [1.165, 1.54) is 6.26 Å². The summed E-state index contributed by atoms with van der Waals surface area (Å²) in [5.41, 5.74) is 0.969. The van der Waals surface area contributed by atoms with Gasteiger partial charge in [0, 0.05) is 23.9 Å². The molecule has 0 radical (unpaired) electrons. The summed E-state index contributed by atoms with van der Waals surface area (Å²) in [6.07, 6.45) is 3.12. The molecular weight excluding hydrogens is 312 g/mol. The van der Waals surface area contributed by atoms with E-state index in [-0.39, 0.29) is 12.4 Å². The third-order valence-corrected chi connectivity index (χ3v) is 4.19. The fourth-order valence-electron chi connectivity index (χ4n) is 1.85. The number of rotatable bonds is 5. The van der Waals surface area contributed by atoms with Crippen molar-refractivity contribution in [3.8, 4) is 11.8 Å². The van der Waals surface area contributed by atoms with E-state index in [0.717, 1.165) is 0 Å². The Bertz CT molecular complexity index is 813. The first kappa shape index (κ1) is 15.5. The van der Waals surface area contributed by atoms with Crippen molar-refractivity contribution in [1.82, 2.24) is 4.98 Å². The van der Waals surface area contributed by atoms with Gasteiger partial charge in [-0.1, -0.05) is 11.6 Å². The van der Waals surface area contributed by atoms with Crippen LogP contribution in [-0.4, -0.2) is 32.0 Å². The van der Waals surface area contributed by atoms with Crippen LogP contribution in [0.5, 0.6) is 5.75 Å². The van der Waals surface area contributed by atoms with Crippen LogP contribution in [0.25, 0.3) is 10.9 Å². The molecule has 0 atom stereocenters. The molecule has 2 rings (SSSR count). The number of nitriles is 1. The number of halogens is 1. The number of fused-ring (bicyclic) bond motifs is 1. The molecule has 0 bridgehead atoms. The molecule has 0 amide bonds. The van der Waals surface area contributed by atoms with E-state index < -0.39 is 9.84 Å². The maximum atomic E-state index is 11.0. The Balaban J connectivity index is 2.21. The first-order valence-electron chi connectivity index (χ1n) is 6.19. The largest absolute Gasteiger partial charge is 0.492 e. The predicted molar refractivity (Wildman–Crippen MR) is 81.3 cm³/mol. The van der Waals surface area contributed by atoms with Crippen LogP contribution in [-0.2, 0) is 9.84 Å². The molecule has 0 unspecified atom stereocenters. The number of nitrogens with zero attached hydrogens (tertiary/aromatic N) is 2. The van der Waals surface area contributed by atoms with Gasteiger partial charge in [0.1, 0.15) is 21.7 Å². The van der Waals surface area contributed by atoms with Gasteiger partial charge in [0.25, 0.3) is 0 Å². The summed E-state index contributed by atoms with van der Waals surface area (Å²) in [6, 6.07) is 6.95. The average Bonchev–Trinajstić information content (AvgIpc) is 2.42. The molecule has 0 aliphatic heterocycles. The zero-order valence-corrected chi connectivity index (χ0v) is 12.9. The Morgan fingerprint density at radius 1 is 1.43 bits per heavy atom. The first-order valence-corrected chi connectivity index (χ1v) is 8.63. The van der Waals surface area contributed by atoms with Crippen LogP contribution in [0.3, 0.4) is 0 Å². The Hall–Kier alpha value is -1.84. The molecule has 1 aromatic carbocycles. The first-order chi connectivity index (χ1) is 9.90. The summed E-state index contributed by atoms with van der Waals surface area (Å²) in [5, 5.41) is 10.4. The van der Waals surface area contributed by atoms with Crippen molar-refractivity contribution in [2.45, 2.75) is 6.42 Å². The lowest BCUT2D eigenvalue weighted by Gasteiger charge is -2.09. The molecule has 21 heavy (non-hydrogen) atoms. The molecule has 0 spiro atoms. The zero-order valence-electron chi connectivity index (χ0n) is 11.3. The topological polar surface area (TPSA) is 80.1 Å². The lowest BCUT2D eigenvalue weighted by molar-refractivity contribution is 0.317. The highest BCUT2D eigenvalue weighted by Crippen LogP contribution is 2.28. The van der Waals surface area contributed by atoms with Crippen molar-refractivity contribution >= 4 is 32.3 Å². The monoisotopic (exact) mass is 324 g/mol. The molecule has 7 heteroatoms. The van der Waals surface area contributed by atoms with E-state index in [0.29, 0.717) is 33.7 Å². The number of pyridine rings is 1. The minimum atomic E-state index is -3.01. The SMILES string of the molecule is CS(=O)(=O)CCCOc1cc2nccc(Cl)c2cc1C#N. The fourth-order valence-corrected chi connectivity index (χ4v) is 2.70. The molecule has 0 aliphatic carbocycles. The molecule has 1 aromatic heterocycles. The van der Waals surface area contributed by atoms with E-state index in [4.69, 9.17) is 21.6 Å². The van der Waals surface area contributed by atoms with Crippen molar-refractivity contribution < 1.29 is 13.2 Å². The molecule has 0 aliphatic rings. The number of hydrogen-bond donors (Lipinski definition) is 0. The van der Waals surface area contributed by atoms with Crippen molar-refractivity contribution in [2.24, 2.45) is 0 Å². The summed E-state index contributed by atoms with van der Waals surface area (Å²) in [6.45, 7) is 0.216. The zero-order chi connectivity index (χ0) is 15.5. The second-order valence-electron chi connectivity index (χ2n) is 4.60. The molecule has 5 nitrogen and oxygen atoms in total. The van der Waals surface area contributed by atoms with Crippen LogP contribution in [0.2, 0.25) is 5.02 Å². The van der Waals surface area contributed by atoms with Crippen LogP contribution < -0.4 is 4.74 Å². The minimum Gasteiger partial charge on any atom is -0.492 e.